The Morgan fingerprint density at radius 1 is 0.608 bits per heavy atom. The number of hydrogen-bond acceptors (Lipinski definition) is 2. The molecule has 3 aromatic carbocycles. The molecule has 0 aliphatic heterocycles. The van der Waals surface area contributed by atoms with Gasteiger partial charge in [0.25, 0.3) is 0 Å². The summed E-state index contributed by atoms with van der Waals surface area (Å²) in [5.74, 6) is -23.2. The Hall–Kier alpha value is -5.59. The van der Waals surface area contributed by atoms with Gasteiger partial charge in [-0.1, -0.05) is 18.7 Å². The lowest BCUT2D eigenvalue weighted by atomic mass is 9.97. The highest BCUT2D eigenvalue weighted by Crippen LogP contribution is 2.58. The van der Waals surface area contributed by atoms with E-state index in [0.29, 0.717) is 19.1 Å². The topological polar surface area (TPSA) is 47.6 Å². The van der Waals surface area contributed by atoms with E-state index >= 15 is 17.6 Å². The van der Waals surface area contributed by atoms with E-state index in [9.17, 15) is 62.3 Å². The molecule has 51 heavy (non-hydrogen) atoms. The molecule has 4 rings (SSSR count). The number of alkyl halides is 9. The van der Waals surface area contributed by atoms with Crippen molar-refractivity contribution in [1.29, 1.82) is 10.5 Å². The van der Waals surface area contributed by atoms with Gasteiger partial charge in [-0.15, -0.1) is 0 Å². The standard InChI is InChI=1S/C32H9F17N2/c1-3-12(19-24(35)28(39)21(32(47,48)49)29(40)25(19)36)17-15(9(2)16-22(33)26(37)20(31(44,45)46)27(38)23(16)34)18(17)13(8-51)10-4-5-11(7-50)14(6-10)30(41,42)43/h3-6H,1H2,2H3. The lowest BCUT2D eigenvalue weighted by Crippen LogP contribution is -2.17. The fourth-order valence-electron chi connectivity index (χ4n) is 5.16. The highest BCUT2D eigenvalue weighted by Gasteiger charge is 2.47. The van der Waals surface area contributed by atoms with Crippen LogP contribution in [0.25, 0.3) is 16.7 Å². The van der Waals surface area contributed by atoms with Crippen molar-refractivity contribution in [2.24, 2.45) is 0 Å². The molecule has 0 radical (unpaired) electrons. The molecule has 3 aromatic rings. The third-order valence-electron chi connectivity index (χ3n) is 7.37. The van der Waals surface area contributed by atoms with Gasteiger partial charge in [-0.3, -0.25) is 0 Å². The van der Waals surface area contributed by atoms with Gasteiger partial charge in [0.05, 0.1) is 33.9 Å². The molecule has 0 bridgehead atoms. The molecule has 1 aliphatic carbocycles. The van der Waals surface area contributed by atoms with E-state index in [1.807, 2.05) is 0 Å². The summed E-state index contributed by atoms with van der Waals surface area (Å²) in [6.07, 6.45) is -17.1. The van der Waals surface area contributed by atoms with E-state index in [-0.39, 0.29) is 12.1 Å². The fourth-order valence-corrected chi connectivity index (χ4v) is 5.16. The van der Waals surface area contributed by atoms with Crippen LogP contribution in [-0.4, -0.2) is 0 Å². The van der Waals surface area contributed by atoms with Crippen molar-refractivity contribution >= 4 is 16.7 Å². The number of nitrogens with zero attached hydrogens (tertiary/aromatic N) is 2. The van der Waals surface area contributed by atoms with Gasteiger partial charge in [0.2, 0.25) is 0 Å². The molecule has 0 unspecified atom stereocenters. The van der Waals surface area contributed by atoms with Crippen LogP contribution < -0.4 is 0 Å². The molecular weight excluding hydrogens is 735 g/mol. The van der Waals surface area contributed by atoms with Crippen molar-refractivity contribution in [2.75, 3.05) is 0 Å². The van der Waals surface area contributed by atoms with Crippen LogP contribution in [0, 0.1) is 69.2 Å². The molecular formula is C32H9F17N2. The Labute approximate surface area is 272 Å². The van der Waals surface area contributed by atoms with Crippen LogP contribution in [0.15, 0.2) is 47.6 Å². The van der Waals surface area contributed by atoms with Gasteiger partial charge in [0.1, 0.15) is 17.2 Å². The summed E-state index contributed by atoms with van der Waals surface area (Å²) >= 11 is 0. The molecule has 0 spiro atoms. The maximum absolute atomic E-state index is 15.2. The van der Waals surface area contributed by atoms with Gasteiger partial charge in [-0.25, -0.2) is 35.1 Å². The van der Waals surface area contributed by atoms with Crippen molar-refractivity contribution in [3.63, 3.8) is 0 Å². The Morgan fingerprint density at radius 2 is 1.04 bits per heavy atom. The van der Waals surface area contributed by atoms with Gasteiger partial charge in [-0.2, -0.15) is 50.0 Å². The number of rotatable bonds is 4. The molecule has 0 amide bonds. The molecule has 1 saturated carbocycles. The minimum absolute atomic E-state index is 0.151. The number of halogens is 17. The number of allylic oxidation sites excluding steroid dienone is 7. The summed E-state index contributed by atoms with van der Waals surface area (Å²) in [6.45, 7) is 3.56. The van der Waals surface area contributed by atoms with Gasteiger partial charge < -0.3 is 0 Å². The van der Waals surface area contributed by atoms with Crippen LogP contribution >= 0.6 is 0 Å². The molecule has 19 heteroatoms. The van der Waals surface area contributed by atoms with Crippen molar-refractivity contribution in [3.05, 3.63) is 133 Å². The molecule has 2 nitrogen and oxygen atoms in total. The minimum atomic E-state index is -6.05. The largest absolute Gasteiger partial charge is 0.422 e. The van der Waals surface area contributed by atoms with Crippen LogP contribution in [0.5, 0.6) is 0 Å². The highest BCUT2D eigenvalue weighted by molar-refractivity contribution is 6.09. The van der Waals surface area contributed by atoms with Gasteiger partial charge >= 0.3 is 18.5 Å². The van der Waals surface area contributed by atoms with Crippen molar-refractivity contribution in [3.8, 4) is 12.1 Å². The van der Waals surface area contributed by atoms with Gasteiger partial charge in [0.15, 0.2) is 46.5 Å². The van der Waals surface area contributed by atoms with Crippen molar-refractivity contribution in [1.82, 2.24) is 0 Å². The normalized spacial score (nSPS) is 16.4. The Morgan fingerprint density at radius 3 is 1.39 bits per heavy atom. The Kier molecular flexibility index (Phi) is 9.46. The summed E-state index contributed by atoms with van der Waals surface area (Å²) in [7, 11) is 0. The summed E-state index contributed by atoms with van der Waals surface area (Å²) in [4.78, 5) is 0. The Bertz CT molecular complexity index is 2170. The number of nitriles is 2. The maximum atomic E-state index is 15.2. The van der Waals surface area contributed by atoms with Crippen molar-refractivity contribution in [2.45, 2.75) is 25.5 Å². The van der Waals surface area contributed by atoms with Crippen LogP contribution in [0.2, 0.25) is 0 Å². The minimum Gasteiger partial charge on any atom is -0.203 e. The second-order valence-corrected chi connectivity index (χ2v) is 10.2. The smallest absolute Gasteiger partial charge is 0.203 e. The van der Waals surface area contributed by atoms with E-state index in [2.05, 4.69) is 6.58 Å². The predicted octanol–water partition coefficient (Wildman–Crippen LogP) is 11.1. The zero-order chi connectivity index (χ0) is 38.9. The lowest BCUT2D eigenvalue weighted by Gasteiger charge is -2.15. The van der Waals surface area contributed by atoms with E-state index in [1.165, 1.54) is 12.1 Å². The lowest BCUT2D eigenvalue weighted by molar-refractivity contribution is -0.144. The van der Waals surface area contributed by atoms with E-state index < -0.39 is 137 Å². The van der Waals surface area contributed by atoms with Crippen LogP contribution in [0.4, 0.5) is 74.6 Å². The zero-order valence-electron chi connectivity index (χ0n) is 24.3. The maximum Gasteiger partial charge on any atom is 0.422 e. The predicted molar refractivity (Wildman–Crippen MR) is 141 cm³/mol. The van der Waals surface area contributed by atoms with E-state index in [0.717, 1.165) is 0 Å². The van der Waals surface area contributed by atoms with Crippen molar-refractivity contribution < 1.29 is 74.6 Å². The van der Waals surface area contributed by atoms with E-state index in [4.69, 9.17) is 5.26 Å². The zero-order valence-corrected chi connectivity index (χ0v) is 24.3. The van der Waals surface area contributed by atoms with Crippen LogP contribution in [-0.2, 0) is 18.5 Å². The summed E-state index contributed by atoms with van der Waals surface area (Å²) in [5, 5.41) is 19.0. The second-order valence-electron chi connectivity index (χ2n) is 10.2. The first-order valence-electron chi connectivity index (χ1n) is 13.1. The van der Waals surface area contributed by atoms with Gasteiger partial charge in [0, 0.05) is 5.57 Å². The molecule has 266 valence electrons. The molecule has 1 aliphatic rings. The molecule has 0 aromatic heterocycles. The average Bonchev–Trinajstić information content (AvgIpc) is 3.74. The number of benzene rings is 3. The van der Waals surface area contributed by atoms with E-state index in [1.54, 1.807) is 0 Å². The summed E-state index contributed by atoms with van der Waals surface area (Å²) in [6, 6.07) is 3.82. The average molecular weight is 744 g/mol. The van der Waals surface area contributed by atoms with Crippen LogP contribution in [0.1, 0.15) is 45.9 Å². The number of hydrogen-bond donors (Lipinski definition) is 0. The third-order valence-corrected chi connectivity index (χ3v) is 7.37. The molecule has 1 fully saturated rings. The first-order valence-corrected chi connectivity index (χ1v) is 13.1. The SMILES string of the molecule is C=CC(=C1C(=C(C#N)c2ccc(C#N)c(C(F)(F)F)c2)C1=C(C)c1c(F)c(F)c(C(F)(F)F)c(F)c1F)c1c(F)c(F)c(C(F)(F)F)c(F)c1F. The summed E-state index contributed by atoms with van der Waals surface area (Å²) < 4.78 is 239. The molecule has 0 N–H and O–H groups in total. The van der Waals surface area contributed by atoms with Gasteiger partial charge in [-0.05, 0) is 46.9 Å². The second kappa shape index (κ2) is 12.6. The van der Waals surface area contributed by atoms with Crippen LogP contribution in [0.3, 0.4) is 0 Å². The quantitative estimate of drug-likeness (QED) is 0.152. The third kappa shape index (κ3) is 6.21. The molecule has 0 atom stereocenters. The first-order chi connectivity index (χ1) is 23.4. The monoisotopic (exact) mass is 744 g/mol. The Balaban J connectivity index is 2.27. The molecule has 0 heterocycles. The fraction of sp³-hybridized carbons (Fsp3) is 0.125. The molecule has 0 saturated heterocycles. The highest BCUT2D eigenvalue weighted by atomic mass is 19.4. The summed E-state index contributed by atoms with van der Waals surface area (Å²) in [5.41, 5.74) is -20.5. The first kappa shape index (κ1) is 38.2.